The van der Waals surface area contributed by atoms with Crippen LogP contribution in [0.2, 0.25) is 0 Å². The van der Waals surface area contributed by atoms with Gasteiger partial charge in [0.25, 0.3) is 0 Å². The lowest BCUT2D eigenvalue weighted by Crippen LogP contribution is -2.28. The largest absolute Gasteiger partial charge is 0.492 e. The maximum absolute atomic E-state index is 6.64. The summed E-state index contributed by atoms with van der Waals surface area (Å²) >= 11 is 1.42. The van der Waals surface area contributed by atoms with E-state index >= 15 is 0 Å². The zero-order valence-electron chi connectivity index (χ0n) is 17.3. The Balaban J connectivity index is 1.28. The van der Waals surface area contributed by atoms with Crippen molar-refractivity contribution in [2.45, 2.75) is 17.8 Å². The first-order valence-electron chi connectivity index (χ1n) is 10.5. The van der Waals surface area contributed by atoms with Crippen molar-refractivity contribution < 1.29 is 4.74 Å². The first kappa shape index (κ1) is 20.1. The van der Waals surface area contributed by atoms with Crippen LogP contribution < -0.4 is 21.5 Å². The summed E-state index contributed by atoms with van der Waals surface area (Å²) in [7, 11) is 0. The predicted molar refractivity (Wildman–Crippen MR) is 128 cm³/mol. The summed E-state index contributed by atoms with van der Waals surface area (Å²) in [5, 5.41) is 3.38. The van der Waals surface area contributed by atoms with E-state index in [0.29, 0.717) is 12.4 Å². The Morgan fingerprint density at radius 1 is 1.10 bits per heavy atom. The molecule has 1 saturated heterocycles. The van der Waals surface area contributed by atoms with Gasteiger partial charge >= 0.3 is 0 Å². The van der Waals surface area contributed by atoms with Crippen molar-refractivity contribution in [1.82, 2.24) is 4.90 Å². The summed E-state index contributed by atoms with van der Waals surface area (Å²) in [6, 6.07) is 15.7. The number of fused-ring (bicyclic) bond motifs is 1. The summed E-state index contributed by atoms with van der Waals surface area (Å²) in [5.74, 6) is 1.24. The van der Waals surface area contributed by atoms with Gasteiger partial charge in [-0.2, -0.15) is 0 Å². The third-order valence-electron chi connectivity index (χ3n) is 5.67. The number of anilines is 1. The van der Waals surface area contributed by atoms with Crippen molar-refractivity contribution in [3.05, 3.63) is 64.7 Å². The van der Waals surface area contributed by atoms with Gasteiger partial charge in [0.1, 0.15) is 18.2 Å². The highest BCUT2D eigenvalue weighted by Crippen LogP contribution is 2.45. The molecule has 7 nitrogen and oxygen atoms in total. The van der Waals surface area contributed by atoms with Gasteiger partial charge in [-0.15, -0.1) is 0 Å². The number of nitrogens with zero attached hydrogens (tertiary/aromatic N) is 3. The van der Waals surface area contributed by atoms with Crippen molar-refractivity contribution in [3.63, 3.8) is 0 Å². The van der Waals surface area contributed by atoms with Crippen molar-refractivity contribution in [2.24, 2.45) is 21.5 Å². The van der Waals surface area contributed by atoms with E-state index in [1.54, 1.807) is 6.21 Å². The monoisotopic (exact) mass is 434 g/mol. The molecule has 5 N–H and O–H groups in total. The first-order valence-corrected chi connectivity index (χ1v) is 11.4. The number of thioether (sulfide) groups is 1. The van der Waals surface area contributed by atoms with Crippen LogP contribution in [-0.2, 0) is 4.99 Å². The average Bonchev–Trinajstić information content (AvgIpc) is 3.42. The van der Waals surface area contributed by atoms with Crippen molar-refractivity contribution >= 4 is 35.2 Å². The lowest BCUT2D eigenvalue weighted by molar-refractivity contribution is 0.237. The van der Waals surface area contributed by atoms with Crippen LogP contribution in [0.1, 0.15) is 18.4 Å². The smallest absolute Gasteiger partial charge is 0.188 e. The lowest BCUT2D eigenvalue weighted by Gasteiger charge is -2.21. The number of allylic oxidation sites excluding steroid dienone is 1. The molecule has 3 aliphatic rings. The second-order valence-corrected chi connectivity index (χ2v) is 9.10. The van der Waals surface area contributed by atoms with E-state index in [1.165, 1.54) is 37.7 Å². The SMILES string of the molecule is NC1=NC(N)(c2ccc(OCCN3CCCC3)cc2)SC1=C1C=Nc2ccccc2N1. The molecule has 0 amide bonds. The Morgan fingerprint density at radius 3 is 2.68 bits per heavy atom. The summed E-state index contributed by atoms with van der Waals surface area (Å²) in [4.78, 5) is 11.3. The second-order valence-electron chi connectivity index (χ2n) is 7.86. The quantitative estimate of drug-likeness (QED) is 0.667. The van der Waals surface area contributed by atoms with Gasteiger partial charge in [0.05, 0.1) is 28.2 Å². The minimum absolute atomic E-state index is 0.409. The minimum atomic E-state index is -0.979. The Morgan fingerprint density at radius 2 is 1.87 bits per heavy atom. The molecule has 160 valence electrons. The summed E-state index contributed by atoms with van der Waals surface area (Å²) in [6.07, 6.45) is 4.36. The van der Waals surface area contributed by atoms with E-state index in [9.17, 15) is 0 Å². The molecule has 0 radical (unpaired) electrons. The van der Waals surface area contributed by atoms with Gasteiger partial charge in [-0.05, 0) is 50.2 Å². The van der Waals surface area contributed by atoms with Crippen molar-refractivity contribution in [2.75, 3.05) is 31.6 Å². The zero-order valence-corrected chi connectivity index (χ0v) is 18.1. The average molecular weight is 435 g/mol. The van der Waals surface area contributed by atoms with Crippen LogP contribution in [0.5, 0.6) is 5.75 Å². The molecular formula is C23H26N6OS. The molecule has 2 aromatic carbocycles. The van der Waals surface area contributed by atoms with E-state index < -0.39 is 4.99 Å². The molecule has 1 unspecified atom stereocenters. The summed E-state index contributed by atoms with van der Waals surface area (Å²) < 4.78 is 5.90. The molecular weight excluding hydrogens is 408 g/mol. The Bertz CT molecular complexity index is 1060. The molecule has 8 heteroatoms. The van der Waals surface area contributed by atoms with Gasteiger partial charge in [0, 0.05) is 12.1 Å². The van der Waals surface area contributed by atoms with E-state index in [1.807, 2.05) is 48.5 Å². The summed E-state index contributed by atoms with van der Waals surface area (Å²) in [5.41, 5.74) is 16.4. The Hall–Kier alpha value is -2.81. The fraction of sp³-hybridized carbons (Fsp3) is 0.304. The van der Waals surface area contributed by atoms with Gasteiger partial charge in [-0.25, -0.2) is 4.99 Å². The topological polar surface area (TPSA) is 101 Å². The molecule has 31 heavy (non-hydrogen) atoms. The van der Waals surface area contributed by atoms with Crippen LogP contribution in [0.25, 0.3) is 0 Å². The number of hydrogen-bond acceptors (Lipinski definition) is 8. The zero-order chi connectivity index (χ0) is 21.3. The predicted octanol–water partition coefficient (Wildman–Crippen LogP) is 3.37. The second kappa shape index (κ2) is 8.37. The maximum atomic E-state index is 6.64. The lowest BCUT2D eigenvalue weighted by atomic mass is 10.1. The summed E-state index contributed by atoms with van der Waals surface area (Å²) in [6.45, 7) is 4.01. The molecule has 3 heterocycles. The molecule has 3 aliphatic heterocycles. The highest BCUT2D eigenvalue weighted by molar-refractivity contribution is 8.05. The Kier molecular flexibility index (Phi) is 5.43. The number of amidine groups is 1. The fourth-order valence-electron chi connectivity index (χ4n) is 3.98. The number of likely N-dealkylation sites (tertiary alicyclic amines) is 1. The van der Waals surface area contributed by atoms with Crippen molar-refractivity contribution in [3.8, 4) is 5.75 Å². The highest BCUT2D eigenvalue weighted by atomic mass is 32.2. The number of nitrogens with two attached hydrogens (primary N) is 2. The van der Waals surface area contributed by atoms with Crippen LogP contribution >= 0.6 is 11.8 Å². The Labute approximate surface area is 186 Å². The van der Waals surface area contributed by atoms with Crippen LogP contribution in [0.4, 0.5) is 11.4 Å². The maximum Gasteiger partial charge on any atom is 0.188 e. The van der Waals surface area contributed by atoms with E-state index in [4.69, 9.17) is 16.2 Å². The third kappa shape index (κ3) is 4.19. The number of rotatable bonds is 5. The molecule has 0 saturated carbocycles. The number of aliphatic imine (C=N–C) groups is 2. The molecule has 0 bridgehead atoms. The van der Waals surface area contributed by atoms with Crippen LogP contribution in [-0.4, -0.2) is 43.2 Å². The standard InChI is InChI=1S/C23H26N6OS/c24-22-21(20-15-26-18-5-1-2-6-19(18)27-20)31-23(25,28-22)16-7-9-17(10-8-16)30-14-13-29-11-3-4-12-29/h1-2,5-10,15,27H,3-4,11-14,25H2,(H2,24,28). The van der Waals surface area contributed by atoms with E-state index in [0.717, 1.165) is 39.8 Å². The molecule has 0 aromatic heterocycles. The number of nitrogens with one attached hydrogen (secondary N) is 1. The van der Waals surface area contributed by atoms with Crippen LogP contribution in [0.3, 0.4) is 0 Å². The first-order chi connectivity index (χ1) is 15.1. The van der Waals surface area contributed by atoms with Crippen LogP contribution in [0, 0.1) is 0 Å². The van der Waals surface area contributed by atoms with Gasteiger partial charge in [0.2, 0.25) is 0 Å². The number of ether oxygens (including phenoxy) is 1. The fourth-order valence-corrected chi connectivity index (χ4v) is 5.06. The van der Waals surface area contributed by atoms with Gasteiger partial charge in [-0.3, -0.25) is 15.6 Å². The molecule has 0 aliphatic carbocycles. The van der Waals surface area contributed by atoms with Crippen molar-refractivity contribution in [1.29, 1.82) is 0 Å². The molecule has 0 spiro atoms. The minimum Gasteiger partial charge on any atom is -0.492 e. The number of benzene rings is 2. The van der Waals surface area contributed by atoms with Gasteiger partial charge in [0.15, 0.2) is 4.99 Å². The highest BCUT2D eigenvalue weighted by Gasteiger charge is 2.38. The number of hydrogen-bond donors (Lipinski definition) is 3. The molecule has 2 aromatic rings. The number of para-hydroxylation sites is 2. The molecule has 1 atom stereocenters. The normalized spacial score (nSPS) is 25.3. The van der Waals surface area contributed by atoms with Crippen LogP contribution in [0.15, 0.2) is 69.1 Å². The molecule has 1 fully saturated rings. The third-order valence-corrected chi connectivity index (χ3v) is 6.94. The van der Waals surface area contributed by atoms with Gasteiger partial charge < -0.3 is 15.8 Å². The van der Waals surface area contributed by atoms with E-state index in [-0.39, 0.29) is 0 Å². The molecule has 5 rings (SSSR count). The van der Waals surface area contributed by atoms with E-state index in [2.05, 4.69) is 20.2 Å². The van der Waals surface area contributed by atoms with Gasteiger partial charge in [-0.1, -0.05) is 36.0 Å².